The number of nitrogens with one attached hydrogen (secondary N) is 1. The van der Waals surface area contributed by atoms with Gasteiger partial charge in [-0.15, -0.1) is 0 Å². The predicted octanol–water partition coefficient (Wildman–Crippen LogP) is 3.32. The molecule has 5 heteroatoms. The van der Waals surface area contributed by atoms with Crippen LogP contribution in [-0.4, -0.2) is 22.6 Å². The molecule has 1 atom stereocenters. The lowest BCUT2D eigenvalue weighted by Crippen LogP contribution is -2.24. The Hall–Kier alpha value is -1.81. The summed E-state index contributed by atoms with van der Waals surface area (Å²) in [5.41, 5.74) is 1.22. The van der Waals surface area contributed by atoms with Gasteiger partial charge in [-0.25, -0.2) is 9.97 Å². The maximum Gasteiger partial charge on any atom is 0.224 e. The molecule has 2 rings (SSSR count). The highest BCUT2D eigenvalue weighted by atomic mass is 35.5. The molecule has 100 valence electrons. The average Bonchev–Trinajstić information content (AvgIpc) is 2.38. The van der Waals surface area contributed by atoms with Crippen LogP contribution in [-0.2, 0) is 0 Å². The fourth-order valence-electron chi connectivity index (χ4n) is 1.57. The lowest BCUT2D eigenvalue weighted by molar-refractivity contribution is 0.303. The first-order valence-corrected chi connectivity index (χ1v) is 6.46. The third-order valence-corrected chi connectivity index (χ3v) is 2.72. The first-order valence-electron chi connectivity index (χ1n) is 6.08. The zero-order chi connectivity index (χ0) is 13.7. The minimum Gasteiger partial charge on any atom is -0.491 e. The van der Waals surface area contributed by atoms with Crippen LogP contribution in [0.4, 0.5) is 5.82 Å². The first kappa shape index (κ1) is 13.6. The molecule has 0 saturated heterocycles. The number of halogens is 1. The van der Waals surface area contributed by atoms with Crippen LogP contribution >= 0.6 is 11.6 Å². The van der Waals surface area contributed by atoms with Gasteiger partial charge in [-0.05, 0) is 43.6 Å². The lowest BCUT2D eigenvalue weighted by atomic mass is 10.2. The molecular formula is C14H16ClN3O. The van der Waals surface area contributed by atoms with Crippen molar-refractivity contribution in [3.63, 3.8) is 0 Å². The molecule has 0 saturated carbocycles. The number of anilines is 1. The number of benzene rings is 1. The van der Waals surface area contributed by atoms with E-state index in [0.717, 1.165) is 5.75 Å². The summed E-state index contributed by atoms with van der Waals surface area (Å²) in [6.07, 6.45) is 1.62. The minimum absolute atomic E-state index is 0.118. The summed E-state index contributed by atoms with van der Waals surface area (Å²) in [7, 11) is 0. The van der Waals surface area contributed by atoms with Gasteiger partial charge in [0.15, 0.2) is 0 Å². The Morgan fingerprint density at radius 2 is 2.00 bits per heavy atom. The van der Waals surface area contributed by atoms with Gasteiger partial charge in [-0.2, -0.15) is 0 Å². The van der Waals surface area contributed by atoms with E-state index in [-0.39, 0.29) is 11.3 Å². The Kier molecular flexibility index (Phi) is 4.58. The second kappa shape index (κ2) is 6.38. The van der Waals surface area contributed by atoms with Crippen molar-refractivity contribution in [2.45, 2.75) is 19.9 Å². The van der Waals surface area contributed by atoms with Crippen LogP contribution in [0.3, 0.4) is 0 Å². The van der Waals surface area contributed by atoms with Crippen molar-refractivity contribution in [1.82, 2.24) is 9.97 Å². The highest BCUT2D eigenvalue weighted by Gasteiger charge is 2.05. The molecule has 1 heterocycles. The second-order valence-electron chi connectivity index (χ2n) is 4.38. The molecular weight excluding hydrogens is 262 g/mol. The number of aryl methyl sites for hydroxylation is 1. The van der Waals surface area contributed by atoms with Crippen LogP contribution < -0.4 is 10.1 Å². The number of hydrogen-bond donors (Lipinski definition) is 1. The van der Waals surface area contributed by atoms with E-state index in [1.54, 1.807) is 12.3 Å². The summed E-state index contributed by atoms with van der Waals surface area (Å²) >= 11 is 5.72. The largest absolute Gasteiger partial charge is 0.491 e. The summed E-state index contributed by atoms with van der Waals surface area (Å²) in [6, 6.07) is 9.86. The molecule has 0 aliphatic rings. The van der Waals surface area contributed by atoms with Crippen molar-refractivity contribution in [3.05, 3.63) is 47.4 Å². The highest BCUT2D eigenvalue weighted by molar-refractivity contribution is 6.28. The van der Waals surface area contributed by atoms with Crippen molar-refractivity contribution in [2.24, 2.45) is 0 Å². The van der Waals surface area contributed by atoms with Gasteiger partial charge in [0.1, 0.15) is 18.2 Å². The molecule has 2 aromatic rings. The molecule has 0 aliphatic heterocycles. The molecule has 19 heavy (non-hydrogen) atoms. The summed E-state index contributed by atoms with van der Waals surface area (Å²) in [5.74, 6) is 1.56. The van der Waals surface area contributed by atoms with Crippen LogP contribution in [0.25, 0.3) is 0 Å². The van der Waals surface area contributed by atoms with Crippen LogP contribution in [0.5, 0.6) is 5.75 Å². The van der Waals surface area contributed by atoms with E-state index in [1.807, 2.05) is 38.1 Å². The zero-order valence-corrected chi connectivity index (χ0v) is 11.7. The average molecular weight is 278 g/mol. The highest BCUT2D eigenvalue weighted by Crippen LogP contribution is 2.12. The van der Waals surface area contributed by atoms with Crippen molar-refractivity contribution in [3.8, 4) is 5.75 Å². The third kappa shape index (κ3) is 4.41. The number of aromatic nitrogens is 2. The maximum absolute atomic E-state index is 5.72. The Morgan fingerprint density at radius 3 is 2.68 bits per heavy atom. The van der Waals surface area contributed by atoms with Crippen molar-refractivity contribution in [1.29, 1.82) is 0 Å². The van der Waals surface area contributed by atoms with Gasteiger partial charge < -0.3 is 10.1 Å². The third-order valence-electron chi connectivity index (χ3n) is 2.54. The topological polar surface area (TPSA) is 47.0 Å². The Balaban J connectivity index is 1.84. The number of hydrogen-bond acceptors (Lipinski definition) is 4. The van der Waals surface area contributed by atoms with Crippen molar-refractivity contribution in [2.75, 3.05) is 11.9 Å². The lowest BCUT2D eigenvalue weighted by Gasteiger charge is -2.15. The molecule has 1 unspecified atom stereocenters. The normalized spacial score (nSPS) is 11.9. The number of ether oxygens (including phenoxy) is 1. The molecule has 0 spiro atoms. The SMILES string of the molecule is Cc1ccc(OCC(C)Nc2ccnc(Cl)n2)cc1. The first-order chi connectivity index (χ1) is 9.13. The quantitative estimate of drug-likeness (QED) is 0.852. The molecule has 1 aromatic heterocycles. The summed E-state index contributed by atoms with van der Waals surface area (Å²) < 4.78 is 5.69. The fourth-order valence-corrected chi connectivity index (χ4v) is 1.71. The molecule has 0 amide bonds. The van der Waals surface area contributed by atoms with Crippen molar-refractivity contribution >= 4 is 17.4 Å². The Labute approximate surface area is 117 Å². The van der Waals surface area contributed by atoms with E-state index in [4.69, 9.17) is 16.3 Å². The standard InChI is InChI=1S/C14H16ClN3O/c1-10-3-5-12(6-4-10)19-9-11(2)17-13-7-8-16-14(15)18-13/h3-8,11H,9H2,1-2H3,(H,16,17,18). The number of rotatable bonds is 5. The van der Waals surface area contributed by atoms with E-state index < -0.39 is 0 Å². The molecule has 0 bridgehead atoms. The summed E-state index contributed by atoms with van der Waals surface area (Å²) in [4.78, 5) is 7.90. The van der Waals surface area contributed by atoms with Gasteiger partial charge >= 0.3 is 0 Å². The summed E-state index contributed by atoms with van der Waals surface area (Å²) in [5, 5.41) is 3.44. The Bertz CT molecular complexity index is 530. The number of nitrogens with zero attached hydrogens (tertiary/aromatic N) is 2. The van der Waals surface area contributed by atoms with Gasteiger partial charge in [0.2, 0.25) is 5.28 Å². The van der Waals surface area contributed by atoms with E-state index in [1.165, 1.54) is 5.56 Å². The van der Waals surface area contributed by atoms with E-state index in [2.05, 4.69) is 15.3 Å². The summed E-state index contributed by atoms with van der Waals surface area (Å²) in [6.45, 7) is 4.61. The predicted molar refractivity (Wildman–Crippen MR) is 76.8 cm³/mol. The van der Waals surface area contributed by atoms with Crippen LogP contribution in [0, 0.1) is 6.92 Å². The smallest absolute Gasteiger partial charge is 0.224 e. The van der Waals surface area contributed by atoms with E-state index >= 15 is 0 Å². The van der Waals surface area contributed by atoms with Crippen LogP contribution in [0.15, 0.2) is 36.5 Å². The van der Waals surface area contributed by atoms with E-state index in [9.17, 15) is 0 Å². The van der Waals surface area contributed by atoms with E-state index in [0.29, 0.717) is 12.4 Å². The molecule has 4 nitrogen and oxygen atoms in total. The zero-order valence-electron chi connectivity index (χ0n) is 10.9. The molecule has 0 radical (unpaired) electrons. The van der Waals surface area contributed by atoms with Gasteiger partial charge in [0, 0.05) is 6.20 Å². The molecule has 1 N–H and O–H groups in total. The molecule has 0 fully saturated rings. The Morgan fingerprint density at radius 1 is 1.26 bits per heavy atom. The van der Waals surface area contributed by atoms with Gasteiger partial charge in [-0.3, -0.25) is 0 Å². The van der Waals surface area contributed by atoms with Crippen molar-refractivity contribution < 1.29 is 4.74 Å². The van der Waals surface area contributed by atoms with Gasteiger partial charge in [0.05, 0.1) is 6.04 Å². The van der Waals surface area contributed by atoms with Gasteiger partial charge in [-0.1, -0.05) is 17.7 Å². The minimum atomic E-state index is 0.118. The maximum atomic E-state index is 5.72. The van der Waals surface area contributed by atoms with Crippen LogP contribution in [0.1, 0.15) is 12.5 Å². The fraction of sp³-hybridized carbons (Fsp3) is 0.286. The second-order valence-corrected chi connectivity index (χ2v) is 4.72. The van der Waals surface area contributed by atoms with Gasteiger partial charge in [0.25, 0.3) is 0 Å². The monoisotopic (exact) mass is 277 g/mol. The molecule has 1 aromatic carbocycles. The van der Waals surface area contributed by atoms with Crippen LogP contribution in [0.2, 0.25) is 5.28 Å². The molecule has 0 aliphatic carbocycles.